The van der Waals surface area contributed by atoms with E-state index in [1.165, 1.54) is 36.4 Å². The van der Waals surface area contributed by atoms with Crippen LogP contribution < -0.4 is 10.1 Å². The number of carboxylic acids is 1. The van der Waals surface area contributed by atoms with Crippen molar-refractivity contribution >= 4 is 39.1 Å². The molecule has 1 atom stereocenters. The first kappa shape index (κ1) is 25.5. The Morgan fingerprint density at radius 1 is 1.11 bits per heavy atom. The number of carbonyl (C=O) groups excluding carboxylic acids is 1. The number of rotatable bonds is 9. The highest BCUT2D eigenvalue weighted by Crippen LogP contribution is 2.34. The van der Waals surface area contributed by atoms with Gasteiger partial charge in [-0.15, -0.1) is 0 Å². The van der Waals surface area contributed by atoms with Gasteiger partial charge >= 0.3 is 5.97 Å². The van der Waals surface area contributed by atoms with E-state index in [4.69, 9.17) is 21.4 Å². The smallest absolute Gasteiger partial charge is 0.309 e. The summed E-state index contributed by atoms with van der Waals surface area (Å²) in [6.07, 6.45) is -0.816. The molecule has 0 spiro atoms. The van der Waals surface area contributed by atoms with Gasteiger partial charge in [0.15, 0.2) is 21.4 Å². The third-order valence-electron chi connectivity index (χ3n) is 5.34. The normalized spacial score (nSPS) is 14.2. The number of hydrogen-bond acceptors (Lipinski definition) is 6. The molecular weight excluding hydrogens is 518 g/mol. The number of pyridine rings is 1. The molecule has 1 fully saturated rings. The summed E-state index contributed by atoms with van der Waals surface area (Å²) in [5.41, 5.74) is 0.198. The molecule has 1 saturated carbocycles. The number of aliphatic carboxylic acids is 1. The summed E-state index contributed by atoms with van der Waals surface area (Å²) in [7, 11) is -3.48. The molecule has 0 bridgehead atoms. The van der Waals surface area contributed by atoms with Crippen LogP contribution in [0.1, 0.15) is 30.2 Å². The van der Waals surface area contributed by atoms with Crippen LogP contribution in [0.25, 0.3) is 0 Å². The van der Waals surface area contributed by atoms with Crippen LogP contribution >= 0.6 is 11.6 Å². The number of nitrogens with zero attached hydrogens (tertiary/aromatic N) is 1. The molecule has 1 aliphatic rings. The SMILES string of the molecule is O=C(O)Cc1nc(NC(=O)C(Oc2ccc(F)cc2F)c2ccc(S(=O)(=O)C3CC3)cc2)ccc1Cl. The van der Waals surface area contributed by atoms with E-state index in [0.717, 1.165) is 12.1 Å². The van der Waals surface area contributed by atoms with Crippen LogP contribution in [0.5, 0.6) is 5.75 Å². The number of anilines is 1. The highest BCUT2D eigenvalue weighted by molar-refractivity contribution is 7.92. The Bertz CT molecular complexity index is 1430. The first-order chi connectivity index (χ1) is 17.0. The molecular formula is C24H19ClF2N2O6S. The molecule has 1 amide bonds. The van der Waals surface area contributed by atoms with Crippen LogP contribution in [-0.2, 0) is 25.8 Å². The van der Waals surface area contributed by atoms with Crippen molar-refractivity contribution in [2.24, 2.45) is 0 Å². The van der Waals surface area contributed by atoms with Gasteiger partial charge in [0.1, 0.15) is 11.6 Å². The first-order valence-corrected chi connectivity index (χ1v) is 12.6. The molecule has 1 heterocycles. The Morgan fingerprint density at radius 2 is 1.81 bits per heavy atom. The minimum atomic E-state index is -3.48. The fourth-order valence-electron chi connectivity index (χ4n) is 3.39. The van der Waals surface area contributed by atoms with Crippen LogP contribution in [0.3, 0.4) is 0 Å². The molecule has 2 N–H and O–H groups in total. The van der Waals surface area contributed by atoms with Crippen molar-refractivity contribution < 1.29 is 36.6 Å². The Hall–Kier alpha value is -3.57. The summed E-state index contributed by atoms with van der Waals surface area (Å²) in [4.78, 5) is 28.3. The second-order valence-corrected chi connectivity index (χ2v) is 10.7. The van der Waals surface area contributed by atoms with Gasteiger partial charge in [-0.1, -0.05) is 23.7 Å². The summed E-state index contributed by atoms with van der Waals surface area (Å²) in [5.74, 6) is -4.35. The molecule has 0 saturated heterocycles. The topological polar surface area (TPSA) is 123 Å². The van der Waals surface area contributed by atoms with Crippen LogP contribution in [0, 0.1) is 11.6 Å². The van der Waals surface area contributed by atoms with Gasteiger partial charge in [-0.05, 0) is 49.2 Å². The van der Waals surface area contributed by atoms with Crippen LogP contribution in [0.2, 0.25) is 5.02 Å². The molecule has 1 aromatic heterocycles. The van der Waals surface area contributed by atoms with Crippen molar-refractivity contribution in [3.63, 3.8) is 0 Å². The maximum absolute atomic E-state index is 14.3. The van der Waals surface area contributed by atoms with Crippen molar-refractivity contribution in [1.29, 1.82) is 0 Å². The van der Waals surface area contributed by atoms with Gasteiger partial charge in [-0.25, -0.2) is 22.2 Å². The Kier molecular flexibility index (Phi) is 7.23. The van der Waals surface area contributed by atoms with E-state index < -0.39 is 56.9 Å². The molecule has 1 unspecified atom stereocenters. The number of aromatic nitrogens is 1. The summed E-state index contributed by atoms with van der Waals surface area (Å²) in [6.45, 7) is 0. The van der Waals surface area contributed by atoms with Gasteiger partial charge < -0.3 is 15.2 Å². The van der Waals surface area contributed by atoms with E-state index in [1.54, 1.807) is 0 Å². The van der Waals surface area contributed by atoms with Crippen molar-refractivity contribution in [2.45, 2.75) is 35.5 Å². The number of amides is 1. The highest BCUT2D eigenvalue weighted by Gasteiger charge is 2.37. The minimum absolute atomic E-state index is 0.0126. The Morgan fingerprint density at radius 3 is 2.42 bits per heavy atom. The van der Waals surface area contributed by atoms with Crippen LogP contribution in [0.15, 0.2) is 59.5 Å². The van der Waals surface area contributed by atoms with Gasteiger partial charge in [0.05, 0.1) is 27.3 Å². The third kappa shape index (κ3) is 5.80. The second-order valence-electron chi connectivity index (χ2n) is 8.07. The number of sulfone groups is 1. The van der Waals surface area contributed by atoms with Gasteiger partial charge in [0.25, 0.3) is 5.91 Å². The zero-order chi connectivity index (χ0) is 26.0. The third-order valence-corrected chi connectivity index (χ3v) is 7.96. The first-order valence-electron chi connectivity index (χ1n) is 10.7. The predicted molar refractivity (Wildman–Crippen MR) is 126 cm³/mol. The standard InChI is InChI=1S/C24H19ClF2N2O6S/c25-17-8-10-21(28-19(17)12-22(30)31)29-24(32)23(35-20-9-3-14(26)11-18(20)27)13-1-4-15(5-2-13)36(33,34)16-6-7-16/h1-5,8-11,16,23H,6-7,12H2,(H,30,31)(H,28,29,32). The minimum Gasteiger partial charge on any atom is -0.481 e. The van der Waals surface area contributed by atoms with Crippen LogP contribution in [0.4, 0.5) is 14.6 Å². The monoisotopic (exact) mass is 536 g/mol. The average Bonchev–Trinajstić information content (AvgIpc) is 3.67. The predicted octanol–water partition coefficient (Wildman–Crippen LogP) is 4.34. The molecule has 0 aliphatic heterocycles. The van der Waals surface area contributed by atoms with Crippen LogP contribution in [-0.4, -0.2) is 35.6 Å². The maximum atomic E-state index is 14.3. The molecule has 188 valence electrons. The summed E-state index contributed by atoms with van der Waals surface area (Å²) < 4.78 is 58.2. The molecule has 36 heavy (non-hydrogen) atoms. The number of halogens is 3. The van der Waals surface area contributed by atoms with Gasteiger partial charge in [-0.2, -0.15) is 0 Å². The summed E-state index contributed by atoms with van der Waals surface area (Å²) >= 11 is 5.97. The van der Waals surface area contributed by atoms with E-state index in [2.05, 4.69) is 10.3 Å². The largest absolute Gasteiger partial charge is 0.481 e. The zero-order valence-corrected chi connectivity index (χ0v) is 20.0. The van der Waals surface area contributed by atoms with Gasteiger partial charge in [0, 0.05) is 11.6 Å². The number of carbonyl (C=O) groups is 2. The number of benzene rings is 2. The number of nitrogens with one attached hydrogen (secondary N) is 1. The Balaban J connectivity index is 1.65. The van der Waals surface area contributed by atoms with Crippen molar-refractivity contribution in [1.82, 2.24) is 4.98 Å². The lowest BCUT2D eigenvalue weighted by molar-refractivity contribution is -0.136. The van der Waals surface area contributed by atoms with E-state index in [0.29, 0.717) is 18.9 Å². The van der Waals surface area contributed by atoms with Crippen molar-refractivity contribution in [3.8, 4) is 5.75 Å². The van der Waals surface area contributed by atoms with Gasteiger partial charge in [-0.3, -0.25) is 9.59 Å². The zero-order valence-electron chi connectivity index (χ0n) is 18.4. The summed E-state index contributed by atoms with van der Waals surface area (Å²) in [5, 5.41) is 11.1. The molecule has 2 aromatic carbocycles. The van der Waals surface area contributed by atoms with E-state index in [-0.39, 0.29) is 27.0 Å². The quantitative estimate of drug-likeness (QED) is 0.417. The second kappa shape index (κ2) is 10.2. The molecule has 1 aliphatic carbocycles. The number of carboxylic acid groups (broad SMARTS) is 1. The molecule has 0 radical (unpaired) electrons. The molecule has 12 heteroatoms. The average molecular weight is 537 g/mol. The lowest BCUT2D eigenvalue weighted by atomic mass is 10.1. The van der Waals surface area contributed by atoms with E-state index in [1.807, 2.05) is 0 Å². The molecule has 4 rings (SSSR count). The summed E-state index contributed by atoms with van der Waals surface area (Å²) in [6, 6.07) is 10.7. The van der Waals surface area contributed by atoms with Gasteiger partial charge in [0.2, 0.25) is 6.10 Å². The number of hydrogen-bond donors (Lipinski definition) is 2. The Labute approximate surface area is 209 Å². The highest BCUT2D eigenvalue weighted by atomic mass is 35.5. The van der Waals surface area contributed by atoms with E-state index in [9.17, 15) is 26.8 Å². The van der Waals surface area contributed by atoms with Crippen molar-refractivity contribution in [2.75, 3.05) is 5.32 Å². The number of ether oxygens (including phenoxy) is 1. The lowest BCUT2D eigenvalue weighted by Gasteiger charge is -2.20. The molecule has 3 aromatic rings. The maximum Gasteiger partial charge on any atom is 0.309 e. The fourth-order valence-corrected chi connectivity index (χ4v) is 5.22. The van der Waals surface area contributed by atoms with Crippen molar-refractivity contribution in [3.05, 3.63) is 82.5 Å². The molecule has 8 nitrogen and oxygen atoms in total. The lowest BCUT2D eigenvalue weighted by Crippen LogP contribution is -2.26. The van der Waals surface area contributed by atoms with E-state index >= 15 is 0 Å². The fraction of sp³-hybridized carbons (Fsp3) is 0.208.